The highest BCUT2D eigenvalue weighted by Gasteiger charge is 2.13. The molecule has 0 spiro atoms. The van der Waals surface area contributed by atoms with E-state index in [1.54, 1.807) is 0 Å². The number of para-hydroxylation sites is 2. The van der Waals surface area contributed by atoms with Crippen LogP contribution in [0.3, 0.4) is 0 Å². The van der Waals surface area contributed by atoms with Crippen LogP contribution in [0.15, 0.2) is 72.8 Å². The van der Waals surface area contributed by atoms with E-state index in [0.717, 1.165) is 16.8 Å². The third kappa shape index (κ3) is 1.67. The molecule has 110 valence electrons. The number of benzene rings is 3. The summed E-state index contributed by atoms with van der Waals surface area (Å²) in [4.78, 5) is 4.81. The summed E-state index contributed by atoms with van der Waals surface area (Å²) in [5.41, 5.74) is 7.01. The Kier molecular flexibility index (Phi) is 2.42. The van der Waals surface area contributed by atoms with Crippen molar-refractivity contribution >= 4 is 27.8 Å². The van der Waals surface area contributed by atoms with Gasteiger partial charge in [0.2, 0.25) is 5.78 Å². The Balaban J connectivity index is 1.91. The van der Waals surface area contributed by atoms with Crippen molar-refractivity contribution in [1.82, 2.24) is 14.0 Å². The van der Waals surface area contributed by atoms with Crippen molar-refractivity contribution in [3.05, 3.63) is 72.8 Å². The van der Waals surface area contributed by atoms with Crippen LogP contribution in [-0.2, 0) is 7.05 Å². The summed E-state index contributed by atoms with van der Waals surface area (Å²) in [6, 6.07) is 25.4. The maximum Gasteiger partial charge on any atom is 0.215 e. The molecule has 0 bridgehead atoms. The Bertz CT molecular complexity index is 1160. The van der Waals surface area contributed by atoms with E-state index in [1.807, 2.05) is 6.07 Å². The molecule has 0 unspecified atom stereocenters. The zero-order valence-electron chi connectivity index (χ0n) is 12.8. The van der Waals surface area contributed by atoms with Gasteiger partial charge in [0.25, 0.3) is 0 Å². The summed E-state index contributed by atoms with van der Waals surface area (Å²) in [6.45, 7) is 0. The fourth-order valence-electron chi connectivity index (χ4n) is 3.38. The van der Waals surface area contributed by atoms with E-state index >= 15 is 0 Å². The van der Waals surface area contributed by atoms with E-state index in [1.165, 1.54) is 22.2 Å². The van der Waals surface area contributed by atoms with Crippen LogP contribution in [0.4, 0.5) is 0 Å². The maximum absolute atomic E-state index is 4.81. The number of hydrogen-bond acceptors (Lipinski definition) is 1. The minimum absolute atomic E-state index is 0.978. The summed E-state index contributed by atoms with van der Waals surface area (Å²) < 4.78 is 4.40. The molecule has 0 amide bonds. The Labute approximate surface area is 133 Å². The van der Waals surface area contributed by atoms with Crippen LogP contribution in [0.1, 0.15) is 0 Å². The molecule has 0 saturated heterocycles. The van der Waals surface area contributed by atoms with Crippen molar-refractivity contribution in [1.29, 1.82) is 0 Å². The lowest BCUT2D eigenvalue weighted by Gasteiger charge is -2.02. The number of fused-ring (bicyclic) bond motifs is 5. The van der Waals surface area contributed by atoms with Crippen LogP contribution in [0.2, 0.25) is 0 Å². The number of imidazole rings is 2. The Morgan fingerprint density at radius 2 is 1.43 bits per heavy atom. The molecule has 5 aromatic rings. The van der Waals surface area contributed by atoms with Crippen LogP contribution in [0.5, 0.6) is 0 Å². The summed E-state index contributed by atoms with van der Waals surface area (Å²) in [7, 11) is 2.07. The first-order chi connectivity index (χ1) is 11.3. The van der Waals surface area contributed by atoms with Crippen LogP contribution in [0, 0.1) is 0 Å². The van der Waals surface area contributed by atoms with E-state index in [9.17, 15) is 0 Å². The minimum atomic E-state index is 0.978. The topological polar surface area (TPSA) is 22.2 Å². The lowest BCUT2D eigenvalue weighted by Crippen LogP contribution is -1.87. The van der Waals surface area contributed by atoms with Crippen molar-refractivity contribution < 1.29 is 0 Å². The molecule has 0 N–H and O–H groups in total. The fourth-order valence-corrected chi connectivity index (χ4v) is 3.38. The van der Waals surface area contributed by atoms with E-state index in [-0.39, 0.29) is 0 Å². The molecular formula is C20H15N3. The van der Waals surface area contributed by atoms with E-state index in [2.05, 4.69) is 82.7 Å². The molecule has 0 aliphatic carbocycles. The second-order valence-electron chi connectivity index (χ2n) is 5.86. The molecule has 5 rings (SSSR count). The second kappa shape index (κ2) is 4.46. The van der Waals surface area contributed by atoms with Crippen molar-refractivity contribution in [2.24, 2.45) is 7.05 Å². The highest BCUT2D eigenvalue weighted by atomic mass is 15.2. The van der Waals surface area contributed by atoms with E-state index < -0.39 is 0 Å². The van der Waals surface area contributed by atoms with Gasteiger partial charge < -0.3 is 4.57 Å². The maximum atomic E-state index is 4.81. The van der Waals surface area contributed by atoms with Gasteiger partial charge in [0.15, 0.2) is 0 Å². The number of rotatable bonds is 1. The third-order valence-corrected chi connectivity index (χ3v) is 4.53. The van der Waals surface area contributed by atoms with Crippen molar-refractivity contribution in [3.8, 4) is 11.1 Å². The molecule has 3 aromatic carbocycles. The van der Waals surface area contributed by atoms with Gasteiger partial charge in [-0.1, -0.05) is 48.5 Å². The average Bonchev–Trinajstić information content (AvgIpc) is 3.12. The van der Waals surface area contributed by atoms with E-state index in [4.69, 9.17) is 4.98 Å². The highest BCUT2D eigenvalue weighted by molar-refractivity contribution is 5.92. The number of aromatic nitrogens is 3. The third-order valence-electron chi connectivity index (χ3n) is 4.53. The molecule has 3 heteroatoms. The quantitative estimate of drug-likeness (QED) is 0.441. The van der Waals surface area contributed by atoms with Crippen LogP contribution in [-0.4, -0.2) is 14.0 Å². The average molecular weight is 297 g/mol. The molecule has 3 nitrogen and oxygen atoms in total. The molecule has 0 radical (unpaired) electrons. The lowest BCUT2D eigenvalue weighted by molar-refractivity contribution is 0.973. The fraction of sp³-hybridized carbons (Fsp3) is 0.0500. The SMILES string of the molecule is Cn1c2ccccc2n2c3cc(-c4ccccc4)ccc3nc12. The molecule has 0 fully saturated rings. The van der Waals surface area contributed by atoms with E-state index in [0.29, 0.717) is 0 Å². The van der Waals surface area contributed by atoms with Gasteiger partial charge in [0, 0.05) is 7.05 Å². The molecule has 0 aliphatic heterocycles. The van der Waals surface area contributed by atoms with Crippen LogP contribution < -0.4 is 0 Å². The first-order valence-corrected chi connectivity index (χ1v) is 7.74. The molecule has 23 heavy (non-hydrogen) atoms. The molecule has 2 heterocycles. The Hall–Kier alpha value is -3.07. The van der Waals surface area contributed by atoms with Gasteiger partial charge in [-0.05, 0) is 35.4 Å². The van der Waals surface area contributed by atoms with Gasteiger partial charge >= 0.3 is 0 Å². The molecule has 0 aliphatic rings. The molecule has 2 aromatic heterocycles. The molecular weight excluding hydrogens is 282 g/mol. The lowest BCUT2D eigenvalue weighted by atomic mass is 10.1. The summed E-state index contributed by atoms with van der Waals surface area (Å²) in [5, 5.41) is 0. The number of aryl methyl sites for hydroxylation is 1. The van der Waals surface area contributed by atoms with Gasteiger partial charge in [-0.2, -0.15) is 0 Å². The molecule has 0 atom stereocenters. The first kappa shape index (κ1) is 12.5. The smallest absolute Gasteiger partial charge is 0.215 e. The number of hydrogen-bond donors (Lipinski definition) is 0. The van der Waals surface area contributed by atoms with Gasteiger partial charge in [0.05, 0.1) is 22.1 Å². The van der Waals surface area contributed by atoms with Crippen molar-refractivity contribution in [3.63, 3.8) is 0 Å². The summed E-state index contributed by atoms with van der Waals surface area (Å²) >= 11 is 0. The predicted octanol–water partition coefficient (Wildman–Crippen LogP) is 4.65. The Morgan fingerprint density at radius 1 is 0.696 bits per heavy atom. The van der Waals surface area contributed by atoms with Crippen molar-refractivity contribution in [2.45, 2.75) is 0 Å². The molecule has 0 saturated carbocycles. The largest absolute Gasteiger partial charge is 0.313 e. The minimum Gasteiger partial charge on any atom is -0.313 e. The van der Waals surface area contributed by atoms with Crippen LogP contribution >= 0.6 is 0 Å². The van der Waals surface area contributed by atoms with Crippen LogP contribution in [0.25, 0.3) is 39.0 Å². The first-order valence-electron chi connectivity index (χ1n) is 7.74. The van der Waals surface area contributed by atoms with Gasteiger partial charge in [0.1, 0.15) is 0 Å². The summed E-state index contributed by atoms with van der Waals surface area (Å²) in [5.74, 6) is 0.978. The monoisotopic (exact) mass is 297 g/mol. The zero-order valence-corrected chi connectivity index (χ0v) is 12.8. The van der Waals surface area contributed by atoms with Gasteiger partial charge in [-0.25, -0.2) is 4.98 Å². The second-order valence-corrected chi connectivity index (χ2v) is 5.86. The predicted molar refractivity (Wildman–Crippen MR) is 94.6 cm³/mol. The summed E-state index contributed by atoms with van der Waals surface area (Å²) in [6.07, 6.45) is 0. The van der Waals surface area contributed by atoms with Gasteiger partial charge in [-0.3, -0.25) is 4.40 Å². The zero-order chi connectivity index (χ0) is 15.4. The highest BCUT2D eigenvalue weighted by Crippen LogP contribution is 2.28. The normalized spacial score (nSPS) is 11.7. The Morgan fingerprint density at radius 3 is 2.26 bits per heavy atom. The number of nitrogens with zero attached hydrogens (tertiary/aromatic N) is 3. The standard InChI is InChI=1S/C20H15N3/c1-22-17-9-5-6-10-18(17)23-19-13-15(14-7-3-2-4-8-14)11-12-16(19)21-20(22)23/h2-13H,1H3. The van der Waals surface area contributed by atoms with Crippen molar-refractivity contribution in [2.75, 3.05) is 0 Å². The van der Waals surface area contributed by atoms with Gasteiger partial charge in [-0.15, -0.1) is 0 Å².